The highest BCUT2D eigenvalue weighted by atomic mass is 32.2. The molecule has 1 aromatic heterocycles. The van der Waals surface area contributed by atoms with Crippen LogP contribution in [-0.4, -0.2) is 28.0 Å². The number of halogens is 1. The van der Waals surface area contributed by atoms with Crippen LogP contribution in [0.4, 0.5) is 4.39 Å². The Morgan fingerprint density at radius 2 is 1.94 bits per heavy atom. The first kappa shape index (κ1) is 22.9. The smallest absolute Gasteiger partial charge is 0.266 e. The van der Waals surface area contributed by atoms with Crippen LogP contribution in [0.15, 0.2) is 70.6 Å². The Hall–Kier alpha value is -3.85. The molecule has 0 bridgehead atoms. The quantitative estimate of drug-likeness (QED) is 0.315. The van der Waals surface area contributed by atoms with Crippen LogP contribution in [0.1, 0.15) is 24.1 Å². The molecule has 0 fully saturated rings. The van der Waals surface area contributed by atoms with Crippen molar-refractivity contribution in [3.63, 3.8) is 0 Å². The predicted octanol–water partition coefficient (Wildman–Crippen LogP) is 4.53. The highest BCUT2D eigenvalue weighted by molar-refractivity contribution is 7.99. The van der Waals surface area contributed by atoms with Crippen LogP contribution >= 0.6 is 11.8 Å². The molecule has 1 aliphatic heterocycles. The maximum absolute atomic E-state index is 14.3. The zero-order valence-corrected chi connectivity index (χ0v) is 19.9. The van der Waals surface area contributed by atoms with Crippen molar-refractivity contribution in [3.05, 3.63) is 88.0 Å². The van der Waals surface area contributed by atoms with E-state index in [2.05, 4.69) is 10.3 Å². The van der Waals surface area contributed by atoms with Gasteiger partial charge < -0.3 is 14.8 Å². The number of hydrogen-bond acceptors (Lipinski definition) is 6. The van der Waals surface area contributed by atoms with Gasteiger partial charge in [-0.05, 0) is 61.4 Å². The van der Waals surface area contributed by atoms with Crippen LogP contribution in [0.5, 0.6) is 11.5 Å². The summed E-state index contributed by atoms with van der Waals surface area (Å²) in [7, 11) is 0. The number of amides is 1. The van der Waals surface area contributed by atoms with Crippen molar-refractivity contribution in [3.8, 4) is 17.2 Å². The Labute approximate surface area is 204 Å². The number of nitrogens with one attached hydrogen (secondary N) is 1. The van der Waals surface area contributed by atoms with Gasteiger partial charge in [0.05, 0.1) is 28.4 Å². The van der Waals surface area contributed by atoms with Gasteiger partial charge >= 0.3 is 0 Å². The number of carbonyl (C=O) groups excluding carboxylic acids is 1. The molecule has 35 heavy (non-hydrogen) atoms. The van der Waals surface area contributed by atoms with E-state index in [9.17, 15) is 14.0 Å². The van der Waals surface area contributed by atoms with Gasteiger partial charge in [0.25, 0.3) is 5.56 Å². The summed E-state index contributed by atoms with van der Waals surface area (Å²) in [5.74, 6) is 0.690. The summed E-state index contributed by atoms with van der Waals surface area (Å²) in [6.45, 7) is 3.71. The second-order valence-electron chi connectivity index (χ2n) is 8.18. The Balaban J connectivity index is 1.39. The number of rotatable bonds is 6. The largest absolute Gasteiger partial charge is 0.454 e. The summed E-state index contributed by atoms with van der Waals surface area (Å²) < 4.78 is 26.4. The first-order chi connectivity index (χ1) is 16.9. The maximum atomic E-state index is 14.3. The summed E-state index contributed by atoms with van der Waals surface area (Å²) in [6, 6.07) is 16.8. The van der Waals surface area contributed by atoms with Crippen molar-refractivity contribution in [2.45, 2.75) is 25.0 Å². The summed E-state index contributed by atoms with van der Waals surface area (Å²) in [5.41, 5.74) is 1.89. The number of carbonyl (C=O) groups is 1. The summed E-state index contributed by atoms with van der Waals surface area (Å²) in [5, 5.41) is 3.68. The van der Waals surface area contributed by atoms with E-state index < -0.39 is 5.82 Å². The van der Waals surface area contributed by atoms with Crippen LogP contribution in [0, 0.1) is 12.7 Å². The lowest BCUT2D eigenvalue weighted by Gasteiger charge is -2.16. The molecule has 0 saturated carbocycles. The topological polar surface area (TPSA) is 82.5 Å². The number of fused-ring (bicyclic) bond motifs is 2. The second-order valence-corrected chi connectivity index (χ2v) is 9.12. The number of hydrogen-bond donors (Lipinski definition) is 1. The normalized spacial score (nSPS) is 13.1. The van der Waals surface area contributed by atoms with E-state index in [0.29, 0.717) is 38.8 Å². The molecule has 1 amide bonds. The van der Waals surface area contributed by atoms with Gasteiger partial charge in [0, 0.05) is 0 Å². The number of aryl methyl sites for hydroxylation is 1. The molecule has 1 aliphatic rings. The first-order valence-corrected chi connectivity index (χ1v) is 12.0. The molecule has 178 valence electrons. The van der Waals surface area contributed by atoms with Crippen LogP contribution in [-0.2, 0) is 4.79 Å². The molecule has 7 nitrogen and oxygen atoms in total. The predicted molar refractivity (Wildman–Crippen MR) is 132 cm³/mol. The summed E-state index contributed by atoms with van der Waals surface area (Å²) >= 11 is 1.12. The molecular formula is C26H22FN3O4S. The zero-order chi connectivity index (χ0) is 24.5. The van der Waals surface area contributed by atoms with Gasteiger partial charge in [0.1, 0.15) is 5.82 Å². The number of nitrogens with zero attached hydrogens (tertiary/aromatic N) is 2. The average Bonchev–Trinajstić information content (AvgIpc) is 3.33. The Bertz CT molecular complexity index is 1500. The molecule has 0 spiro atoms. The van der Waals surface area contributed by atoms with Crippen molar-refractivity contribution in [1.29, 1.82) is 0 Å². The minimum Gasteiger partial charge on any atom is -0.454 e. The minimum atomic E-state index is -0.422. The number of thioether (sulfide) groups is 1. The monoisotopic (exact) mass is 491 g/mol. The van der Waals surface area contributed by atoms with Crippen molar-refractivity contribution >= 4 is 28.6 Å². The number of aromatic nitrogens is 2. The second kappa shape index (κ2) is 9.42. The molecule has 3 aromatic carbocycles. The molecule has 2 heterocycles. The molecule has 0 radical (unpaired) electrons. The number of benzene rings is 3. The van der Waals surface area contributed by atoms with E-state index in [0.717, 1.165) is 17.3 Å². The van der Waals surface area contributed by atoms with Crippen LogP contribution in [0.2, 0.25) is 0 Å². The molecule has 0 saturated heterocycles. The standard InChI is InChI=1S/C26H22FN3O4S/c1-15-7-9-18(12-20(15)27)30-25(32)19-5-3-4-6-21(19)29-26(30)35-13-24(31)28-16(2)17-8-10-22-23(11-17)34-14-33-22/h3-12,16H,13-14H2,1-2H3,(H,28,31). The fourth-order valence-electron chi connectivity index (χ4n) is 3.84. The van der Waals surface area contributed by atoms with Gasteiger partial charge in [-0.1, -0.05) is 36.0 Å². The van der Waals surface area contributed by atoms with E-state index in [-0.39, 0.29) is 30.1 Å². The maximum Gasteiger partial charge on any atom is 0.266 e. The van der Waals surface area contributed by atoms with Crippen LogP contribution < -0.4 is 20.3 Å². The SMILES string of the molecule is Cc1ccc(-n2c(SCC(=O)NC(C)c3ccc4c(c3)OCO4)nc3ccccc3c2=O)cc1F. The zero-order valence-electron chi connectivity index (χ0n) is 19.1. The fraction of sp³-hybridized carbons (Fsp3) is 0.192. The van der Waals surface area contributed by atoms with Crippen LogP contribution in [0.25, 0.3) is 16.6 Å². The molecular weight excluding hydrogens is 469 g/mol. The van der Waals surface area contributed by atoms with Crippen molar-refractivity contribution < 1.29 is 18.7 Å². The highest BCUT2D eigenvalue weighted by Crippen LogP contribution is 2.34. The van der Waals surface area contributed by atoms with E-state index >= 15 is 0 Å². The van der Waals surface area contributed by atoms with E-state index in [1.54, 1.807) is 43.3 Å². The third kappa shape index (κ3) is 4.59. The first-order valence-electron chi connectivity index (χ1n) is 11.0. The Morgan fingerprint density at radius 1 is 1.14 bits per heavy atom. The lowest BCUT2D eigenvalue weighted by Crippen LogP contribution is -2.29. The number of para-hydroxylation sites is 1. The molecule has 1 atom stereocenters. The van der Waals surface area contributed by atoms with Crippen molar-refractivity contribution in [2.75, 3.05) is 12.5 Å². The van der Waals surface area contributed by atoms with E-state index in [4.69, 9.17) is 9.47 Å². The third-order valence-corrected chi connectivity index (χ3v) is 6.70. The molecule has 1 N–H and O–H groups in total. The molecule has 4 aromatic rings. The Kier molecular flexibility index (Phi) is 6.17. The minimum absolute atomic E-state index is 0.0218. The summed E-state index contributed by atoms with van der Waals surface area (Å²) in [4.78, 5) is 30.7. The highest BCUT2D eigenvalue weighted by Gasteiger charge is 2.19. The molecule has 0 aliphatic carbocycles. The number of ether oxygens (including phenoxy) is 2. The third-order valence-electron chi connectivity index (χ3n) is 5.77. The van der Waals surface area contributed by atoms with Gasteiger partial charge in [-0.15, -0.1) is 0 Å². The lowest BCUT2D eigenvalue weighted by molar-refractivity contribution is -0.119. The van der Waals surface area contributed by atoms with Gasteiger partial charge in [-0.3, -0.25) is 14.2 Å². The van der Waals surface area contributed by atoms with Crippen molar-refractivity contribution in [1.82, 2.24) is 14.9 Å². The average molecular weight is 492 g/mol. The van der Waals surface area contributed by atoms with Crippen molar-refractivity contribution in [2.24, 2.45) is 0 Å². The van der Waals surface area contributed by atoms with E-state index in [1.807, 2.05) is 25.1 Å². The molecule has 9 heteroatoms. The molecule has 5 rings (SSSR count). The van der Waals surface area contributed by atoms with Gasteiger partial charge in [0.2, 0.25) is 12.7 Å². The summed E-state index contributed by atoms with van der Waals surface area (Å²) in [6.07, 6.45) is 0. The van der Waals surface area contributed by atoms with Gasteiger partial charge in [-0.25, -0.2) is 9.37 Å². The Morgan fingerprint density at radius 3 is 2.77 bits per heavy atom. The lowest BCUT2D eigenvalue weighted by atomic mass is 10.1. The van der Waals surface area contributed by atoms with Gasteiger partial charge in [0.15, 0.2) is 16.7 Å². The molecule has 1 unspecified atom stereocenters. The fourth-order valence-corrected chi connectivity index (χ4v) is 4.66. The van der Waals surface area contributed by atoms with Gasteiger partial charge in [-0.2, -0.15) is 0 Å². The van der Waals surface area contributed by atoms with E-state index in [1.165, 1.54) is 10.6 Å². The van der Waals surface area contributed by atoms with Crippen LogP contribution in [0.3, 0.4) is 0 Å².